The number of ether oxygens (including phenoxy) is 1. The molecule has 1 aliphatic heterocycles. The molecule has 178 valence electrons. The van der Waals surface area contributed by atoms with Crippen LogP contribution in [0.15, 0.2) is 53.1 Å². The first-order valence-electron chi connectivity index (χ1n) is 11.3. The van der Waals surface area contributed by atoms with Crippen LogP contribution in [0.25, 0.3) is 0 Å². The van der Waals surface area contributed by atoms with E-state index in [0.29, 0.717) is 38.0 Å². The predicted octanol–water partition coefficient (Wildman–Crippen LogP) is 4.16. The monoisotopic (exact) mass is 466 g/mol. The Hall–Kier alpha value is -3.68. The molecule has 3 heterocycles. The van der Waals surface area contributed by atoms with Crippen molar-refractivity contribution in [1.82, 2.24) is 9.47 Å². The summed E-state index contributed by atoms with van der Waals surface area (Å²) >= 11 is 0. The van der Waals surface area contributed by atoms with Gasteiger partial charge in [0.05, 0.1) is 12.2 Å². The lowest BCUT2D eigenvalue weighted by Gasteiger charge is -2.30. The van der Waals surface area contributed by atoms with Gasteiger partial charge >= 0.3 is 5.97 Å². The first-order chi connectivity index (χ1) is 16.3. The van der Waals surface area contributed by atoms with E-state index in [9.17, 15) is 18.8 Å². The largest absolute Gasteiger partial charge is 0.459 e. The second kappa shape index (κ2) is 10.1. The van der Waals surface area contributed by atoms with Crippen LogP contribution in [0, 0.1) is 25.6 Å². The fraction of sp³-hybridized carbons (Fsp3) is 0.346. The first-order valence-corrected chi connectivity index (χ1v) is 11.3. The molecular formula is C26H27FN2O5. The molecule has 0 saturated carbocycles. The zero-order chi connectivity index (χ0) is 24.2. The quantitative estimate of drug-likeness (QED) is 0.386. The maximum atomic E-state index is 13.2. The van der Waals surface area contributed by atoms with Gasteiger partial charge in [-0.3, -0.25) is 14.4 Å². The van der Waals surface area contributed by atoms with E-state index in [0.717, 1.165) is 17.0 Å². The third kappa shape index (κ3) is 5.11. The number of furan rings is 1. The minimum atomic E-state index is -0.418. The maximum absolute atomic E-state index is 13.2. The number of aryl methyl sites for hydroxylation is 1. The van der Waals surface area contributed by atoms with Crippen LogP contribution in [-0.2, 0) is 16.1 Å². The summed E-state index contributed by atoms with van der Waals surface area (Å²) < 4.78 is 25.6. The van der Waals surface area contributed by atoms with Gasteiger partial charge in [-0.15, -0.1) is 0 Å². The number of benzene rings is 1. The van der Waals surface area contributed by atoms with Gasteiger partial charge in [0.2, 0.25) is 5.78 Å². The van der Waals surface area contributed by atoms with Crippen molar-refractivity contribution < 1.29 is 27.9 Å². The molecule has 1 fully saturated rings. The van der Waals surface area contributed by atoms with Gasteiger partial charge in [-0.1, -0.05) is 12.1 Å². The summed E-state index contributed by atoms with van der Waals surface area (Å²) in [7, 11) is 0. The van der Waals surface area contributed by atoms with Crippen molar-refractivity contribution in [1.29, 1.82) is 0 Å². The molecule has 0 aliphatic carbocycles. The molecule has 1 aliphatic rings. The third-order valence-electron chi connectivity index (χ3n) is 6.32. The number of esters is 1. The van der Waals surface area contributed by atoms with Crippen LogP contribution >= 0.6 is 0 Å². The fourth-order valence-corrected chi connectivity index (χ4v) is 4.31. The summed E-state index contributed by atoms with van der Waals surface area (Å²) in [5.41, 5.74) is 3.09. The molecule has 0 N–H and O–H groups in total. The lowest BCUT2D eigenvalue weighted by Crippen LogP contribution is -2.40. The summed E-state index contributed by atoms with van der Waals surface area (Å²) in [6, 6.07) is 11.3. The van der Waals surface area contributed by atoms with Crippen molar-refractivity contribution in [3.05, 3.63) is 82.8 Å². The van der Waals surface area contributed by atoms with Gasteiger partial charge in [-0.2, -0.15) is 0 Å². The molecule has 0 radical (unpaired) electrons. The van der Waals surface area contributed by atoms with E-state index >= 15 is 0 Å². The van der Waals surface area contributed by atoms with Gasteiger partial charge in [0.25, 0.3) is 5.91 Å². The molecule has 4 rings (SSSR count). The highest BCUT2D eigenvalue weighted by atomic mass is 19.1. The number of hydrogen-bond donors (Lipinski definition) is 0. The molecule has 8 heteroatoms. The molecule has 1 aromatic carbocycles. The van der Waals surface area contributed by atoms with Crippen LogP contribution in [0.4, 0.5) is 4.39 Å². The number of likely N-dealkylation sites (tertiary alicyclic amines) is 1. The van der Waals surface area contributed by atoms with Crippen molar-refractivity contribution >= 4 is 17.7 Å². The Kier molecular flexibility index (Phi) is 6.95. The normalized spacial score (nSPS) is 14.3. The van der Waals surface area contributed by atoms with Gasteiger partial charge in [0, 0.05) is 36.6 Å². The smallest absolute Gasteiger partial charge is 0.309 e. The van der Waals surface area contributed by atoms with E-state index in [1.54, 1.807) is 35.2 Å². The van der Waals surface area contributed by atoms with Gasteiger partial charge < -0.3 is 18.6 Å². The topological polar surface area (TPSA) is 81.8 Å². The van der Waals surface area contributed by atoms with E-state index < -0.39 is 5.97 Å². The second-order valence-corrected chi connectivity index (χ2v) is 8.57. The van der Waals surface area contributed by atoms with E-state index in [1.165, 1.54) is 18.4 Å². The van der Waals surface area contributed by atoms with Crippen LogP contribution in [-0.4, -0.2) is 46.8 Å². The molecule has 0 bridgehead atoms. The van der Waals surface area contributed by atoms with Crippen LogP contribution in [0.2, 0.25) is 0 Å². The fourth-order valence-electron chi connectivity index (χ4n) is 4.31. The minimum Gasteiger partial charge on any atom is -0.459 e. The number of Topliss-reactive ketones (excluding diaryl/α,β-unsaturated/α-hetero) is 1. The number of carbonyl (C=O) groups is 3. The third-order valence-corrected chi connectivity index (χ3v) is 6.32. The highest BCUT2D eigenvalue weighted by molar-refractivity contribution is 5.99. The van der Waals surface area contributed by atoms with Gasteiger partial charge in [0.1, 0.15) is 5.82 Å². The molecule has 2 aromatic heterocycles. The average molecular weight is 467 g/mol. The maximum Gasteiger partial charge on any atom is 0.309 e. The summed E-state index contributed by atoms with van der Waals surface area (Å²) in [6.45, 7) is 4.79. The molecule has 0 spiro atoms. The van der Waals surface area contributed by atoms with Crippen LogP contribution in [0.1, 0.15) is 50.7 Å². The van der Waals surface area contributed by atoms with Crippen molar-refractivity contribution in [2.75, 3.05) is 19.7 Å². The zero-order valence-corrected chi connectivity index (χ0v) is 19.3. The Morgan fingerprint density at radius 1 is 1.09 bits per heavy atom. The zero-order valence-electron chi connectivity index (χ0n) is 19.3. The van der Waals surface area contributed by atoms with E-state index in [-0.39, 0.29) is 35.8 Å². The van der Waals surface area contributed by atoms with Crippen LogP contribution in [0.3, 0.4) is 0 Å². The second-order valence-electron chi connectivity index (χ2n) is 8.57. The summed E-state index contributed by atoms with van der Waals surface area (Å²) in [5.74, 6) is -1.24. The number of amides is 1. The number of ketones is 1. The SMILES string of the molecule is Cc1cc(C(=O)COC(=O)C2CCN(C(=O)c3ccco3)CC2)c(C)n1Cc1ccc(F)cc1. The minimum absolute atomic E-state index is 0.192. The molecule has 1 amide bonds. The molecule has 34 heavy (non-hydrogen) atoms. The lowest BCUT2D eigenvalue weighted by atomic mass is 9.97. The number of piperidine rings is 1. The molecule has 0 unspecified atom stereocenters. The average Bonchev–Trinajstić information content (AvgIpc) is 3.48. The summed E-state index contributed by atoms with van der Waals surface area (Å²) in [4.78, 5) is 39.3. The first kappa shape index (κ1) is 23.5. The van der Waals surface area contributed by atoms with Crippen molar-refractivity contribution in [3.8, 4) is 0 Å². The molecule has 0 atom stereocenters. The van der Waals surface area contributed by atoms with Gasteiger partial charge in [0.15, 0.2) is 12.4 Å². The van der Waals surface area contributed by atoms with Gasteiger partial charge in [-0.05, 0) is 62.6 Å². The molecule has 3 aromatic rings. The Balaban J connectivity index is 1.30. The van der Waals surface area contributed by atoms with E-state index in [4.69, 9.17) is 9.15 Å². The molecule has 7 nitrogen and oxygen atoms in total. The summed E-state index contributed by atoms with van der Waals surface area (Å²) in [5, 5.41) is 0. The van der Waals surface area contributed by atoms with Crippen molar-refractivity contribution in [3.63, 3.8) is 0 Å². The molecular weight excluding hydrogens is 439 g/mol. The Labute approximate surface area is 197 Å². The van der Waals surface area contributed by atoms with E-state index in [2.05, 4.69) is 0 Å². The van der Waals surface area contributed by atoms with E-state index in [1.807, 2.05) is 18.4 Å². The van der Waals surface area contributed by atoms with Crippen LogP contribution < -0.4 is 0 Å². The Morgan fingerprint density at radius 3 is 2.44 bits per heavy atom. The highest BCUT2D eigenvalue weighted by Crippen LogP contribution is 2.22. The lowest BCUT2D eigenvalue weighted by molar-refractivity contribution is -0.148. The van der Waals surface area contributed by atoms with Crippen molar-refractivity contribution in [2.24, 2.45) is 5.92 Å². The Bertz CT molecular complexity index is 1170. The number of carbonyl (C=O) groups excluding carboxylic acids is 3. The Morgan fingerprint density at radius 2 is 1.79 bits per heavy atom. The number of hydrogen-bond acceptors (Lipinski definition) is 5. The predicted molar refractivity (Wildman–Crippen MR) is 122 cm³/mol. The highest BCUT2D eigenvalue weighted by Gasteiger charge is 2.30. The van der Waals surface area contributed by atoms with Crippen LogP contribution in [0.5, 0.6) is 0 Å². The summed E-state index contributed by atoms with van der Waals surface area (Å²) in [6.07, 6.45) is 2.41. The van der Waals surface area contributed by atoms with Gasteiger partial charge in [-0.25, -0.2) is 4.39 Å². The standard InChI is InChI=1S/C26H27FN2O5/c1-17-14-22(18(2)29(17)15-19-5-7-21(27)8-6-19)23(30)16-34-26(32)20-9-11-28(12-10-20)25(31)24-4-3-13-33-24/h3-8,13-14,20H,9-12,15-16H2,1-2H3. The molecule has 1 saturated heterocycles. The number of nitrogens with zero attached hydrogens (tertiary/aromatic N) is 2. The number of aromatic nitrogens is 1. The number of halogens is 1. The van der Waals surface area contributed by atoms with Crippen molar-refractivity contribution in [2.45, 2.75) is 33.2 Å². The number of rotatable bonds is 7.